The molecule has 0 fully saturated rings. The molecule has 5 heteroatoms. The molecule has 1 heterocycles. The van der Waals surface area contributed by atoms with Crippen LogP contribution in [0.4, 0.5) is 5.69 Å². The molecule has 0 aliphatic carbocycles. The molecule has 1 aromatic carbocycles. The van der Waals surface area contributed by atoms with Crippen LogP contribution in [0.1, 0.15) is 16.1 Å². The van der Waals surface area contributed by atoms with Crippen LogP contribution in [0.5, 0.6) is 0 Å². The molecular formula is C12H8Cl2N2O. The second-order valence-electron chi connectivity index (χ2n) is 3.39. The molecular weight excluding hydrogens is 259 g/mol. The second kappa shape index (κ2) is 4.73. The molecule has 0 atom stereocenters. The summed E-state index contributed by atoms with van der Waals surface area (Å²) in [5.74, 6) is -0.337. The number of ketones is 1. The van der Waals surface area contributed by atoms with Crippen molar-refractivity contribution >= 4 is 34.7 Å². The van der Waals surface area contributed by atoms with E-state index < -0.39 is 0 Å². The Labute approximate surface area is 108 Å². The molecule has 0 amide bonds. The van der Waals surface area contributed by atoms with Crippen LogP contribution in [0.2, 0.25) is 10.0 Å². The van der Waals surface area contributed by atoms with Crippen molar-refractivity contribution in [1.29, 1.82) is 0 Å². The number of hydrogen-bond donors (Lipinski definition) is 1. The Morgan fingerprint density at radius 3 is 2.71 bits per heavy atom. The van der Waals surface area contributed by atoms with Crippen LogP contribution in [0, 0.1) is 0 Å². The highest BCUT2D eigenvalue weighted by molar-refractivity contribution is 6.36. The lowest BCUT2D eigenvalue weighted by Crippen LogP contribution is -2.08. The first-order valence-electron chi connectivity index (χ1n) is 4.80. The number of anilines is 1. The van der Waals surface area contributed by atoms with Gasteiger partial charge in [0.2, 0.25) is 5.78 Å². The van der Waals surface area contributed by atoms with E-state index in [0.29, 0.717) is 21.3 Å². The average Bonchev–Trinajstić information content (AvgIpc) is 2.32. The lowest BCUT2D eigenvalue weighted by molar-refractivity contribution is 0.103. The first kappa shape index (κ1) is 11.9. The van der Waals surface area contributed by atoms with E-state index in [1.54, 1.807) is 24.3 Å². The molecule has 0 spiro atoms. The predicted octanol–water partition coefficient (Wildman–Crippen LogP) is 3.20. The van der Waals surface area contributed by atoms with Gasteiger partial charge in [-0.1, -0.05) is 23.2 Å². The Hall–Kier alpha value is -1.58. The Bertz CT molecular complexity index is 584. The van der Waals surface area contributed by atoms with Gasteiger partial charge in [-0.05, 0) is 30.3 Å². The predicted molar refractivity (Wildman–Crippen MR) is 68.5 cm³/mol. The van der Waals surface area contributed by atoms with Gasteiger partial charge < -0.3 is 5.73 Å². The van der Waals surface area contributed by atoms with Crippen molar-refractivity contribution in [3.05, 3.63) is 57.8 Å². The quantitative estimate of drug-likeness (QED) is 0.850. The first-order chi connectivity index (χ1) is 8.09. The van der Waals surface area contributed by atoms with Gasteiger partial charge in [-0.15, -0.1) is 0 Å². The Morgan fingerprint density at radius 2 is 2.00 bits per heavy atom. The fourth-order valence-corrected chi connectivity index (χ4v) is 1.78. The van der Waals surface area contributed by atoms with Crippen molar-refractivity contribution in [1.82, 2.24) is 4.98 Å². The monoisotopic (exact) mass is 266 g/mol. The van der Waals surface area contributed by atoms with E-state index in [-0.39, 0.29) is 11.5 Å². The third-order valence-corrected chi connectivity index (χ3v) is 2.79. The number of carbonyl (C=O) groups is 1. The van der Waals surface area contributed by atoms with Crippen LogP contribution in [0.25, 0.3) is 0 Å². The minimum atomic E-state index is -0.337. The van der Waals surface area contributed by atoms with Gasteiger partial charge in [0.25, 0.3) is 0 Å². The van der Waals surface area contributed by atoms with Crippen molar-refractivity contribution in [3.63, 3.8) is 0 Å². The van der Waals surface area contributed by atoms with Gasteiger partial charge in [-0.25, -0.2) is 0 Å². The number of pyridine rings is 1. The largest absolute Gasteiger partial charge is 0.397 e. The molecule has 17 heavy (non-hydrogen) atoms. The molecule has 2 aromatic rings. The third-order valence-electron chi connectivity index (χ3n) is 2.23. The molecule has 0 saturated carbocycles. The molecule has 1 aromatic heterocycles. The van der Waals surface area contributed by atoms with Gasteiger partial charge in [0, 0.05) is 16.8 Å². The van der Waals surface area contributed by atoms with Gasteiger partial charge >= 0.3 is 0 Å². The highest BCUT2D eigenvalue weighted by Crippen LogP contribution is 2.24. The highest BCUT2D eigenvalue weighted by Gasteiger charge is 2.16. The fraction of sp³-hybridized carbons (Fsp3) is 0. The van der Waals surface area contributed by atoms with Crippen LogP contribution in [-0.4, -0.2) is 10.8 Å². The number of nitrogens with zero attached hydrogens (tertiary/aromatic N) is 1. The lowest BCUT2D eigenvalue weighted by atomic mass is 10.1. The molecule has 2 N–H and O–H groups in total. The maximum absolute atomic E-state index is 12.2. The number of halogens is 2. The van der Waals surface area contributed by atoms with E-state index in [2.05, 4.69) is 4.98 Å². The van der Waals surface area contributed by atoms with Gasteiger partial charge in [-0.3, -0.25) is 9.78 Å². The summed E-state index contributed by atoms with van der Waals surface area (Å²) in [4.78, 5) is 16.1. The summed E-state index contributed by atoms with van der Waals surface area (Å²) >= 11 is 11.8. The number of benzene rings is 1. The van der Waals surface area contributed by atoms with Crippen molar-refractivity contribution in [2.24, 2.45) is 0 Å². The number of nitrogens with two attached hydrogens (primary N) is 1. The van der Waals surface area contributed by atoms with Crippen molar-refractivity contribution in [2.75, 3.05) is 5.73 Å². The number of carbonyl (C=O) groups excluding carboxylic acids is 1. The molecule has 0 unspecified atom stereocenters. The van der Waals surface area contributed by atoms with E-state index in [9.17, 15) is 4.79 Å². The molecule has 0 aliphatic rings. The minimum absolute atomic E-state index is 0.177. The molecule has 3 nitrogen and oxygen atoms in total. The standard InChI is InChI=1S/C12H8Cl2N2O/c13-7-3-4-9(14)8(6-7)12(17)11-10(15)2-1-5-16-11/h1-6H,15H2. The van der Waals surface area contributed by atoms with E-state index in [0.717, 1.165) is 0 Å². The second-order valence-corrected chi connectivity index (χ2v) is 4.24. The van der Waals surface area contributed by atoms with E-state index in [1.807, 2.05) is 0 Å². The maximum Gasteiger partial charge on any atom is 0.215 e. The van der Waals surface area contributed by atoms with Gasteiger partial charge in [0.15, 0.2) is 0 Å². The minimum Gasteiger partial charge on any atom is -0.397 e. The van der Waals surface area contributed by atoms with Crippen molar-refractivity contribution < 1.29 is 4.79 Å². The van der Waals surface area contributed by atoms with E-state index in [4.69, 9.17) is 28.9 Å². The Balaban J connectivity index is 2.51. The summed E-state index contributed by atoms with van der Waals surface area (Å²) in [6.07, 6.45) is 1.50. The average molecular weight is 267 g/mol. The molecule has 0 radical (unpaired) electrons. The highest BCUT2D eigenvalue weighted by atomic mass is 35.5. The van der Waals surface area contributed by atoms with Crippen molar-refractivity contribution in [3.8, 4) is 0 Å². The lowest BCUT2D eigenvalue weighted by Gasteiger charge is -2.05. The SMILES string of the molecule is Nc1cccnc1C(=O)c1cc(Cl)ccc1Cl. The van der Waals surface area contributed by atoms with Crippen molar-refractivity contribution in [2.45, 2.75) is 0 Å². The zero-order chi connectivity index (χ0) is 12.4. The van der Waals surface area contributed by atoms with Crippen LogP contribution in [0.15, 0.2) is 36.5 Å². The summed E-state index contributed by atoms with van der Waals surface area (Å²) in [5.41, 5.74) is 6.47. The maximum atomic E-state index is 12.2. The van der Waals surface area contributed by atoms with E-state index >= 15 is 0 Å². The molecule has 0 saturated heterocycles. The van der Waals surface area contributed by atoms with Crippen LogP contribution < -0.4 is 5.73 Å². The number of rotatable bonds is 2. The zero-order valence-electron chi connectivity index (χ0n) is 8.65. The molecule has 0 aliphatic heterocycles. The van der Waals surface area contributed by atoms with Crippen LogP contribution >= 0.6 is 23.2 Å². The summed E-state index contributed by atoms with van der Waals surface area (Å²) < 4.78 is 0. The van der Waals surface area contributed by atoms with Crippen LogP contribution in [-0.2, 0) is 0 Å². The molecule has 0 bridgehead atoms. The van der Waals surface area contributed by atoms with Gasteiger partial charge in [0.05, 0.1) is 10.7 Å². The fourth-order valence-electron chi connectivity index (χ4n) is 1.41. The van der Waals surface area contributed by atoms with Crippen LogP contribution in [0.3, 0.4) is 0 Å². The first-order valence-corrected chi connectivity index (χ1v) is 5.55. The summed E-state index contributed by atoms with van der Waals surface area (Å²) in [5, 5.41) is 0.761. The van der Waals surface area contributed by atoms with Gasteiger partial charge in [0.1, 0.15) is 5.69 Å². The summed E-state index contributed by atoms with van der Waals surface area (Å²) in [6, 6.07) is 7.95. The van der Waals surface area contributed by atoms with E-state index in [1.165, 1.54) is 12.3 Å². The number of aromatic nitrogens is 1. The third kappa shape index (κ3) is 2.40. The number of hydrogen-bond acceptors (Lipinski definition) is 3. The normalized spacial score (nSPS) is 10.2. The molecule has 2 rings (SSSR count). The Kier molecular flexibility index (Phi) is 3.31. The smallest absolute Gasteiger partial charge is 0.215 e. The summed E-state index contributed by atoms with van der Waals surface area (Å²) in [7, 11) is 0. The summed E-state index contributed by atoms with van der Waals surface area (Å²) in [6.45, 7) is 0. The number of nitrogen functional groups attached to an aromatic ring is 1. The topological polar surface area (TPSA) is 56.0 Å². The molecule has 86 valence electrons. The Morgan fingerprint density at radius 1 is 1.24 bits per heavy atom. The van der Waals surface area contributed by atoms with Gasteiger partial charge in [-0.2, -0.15) is 0 Å². The zero-order valence-corrected chi connectivity index (χ0v) is 10.2.